The minimum absolute atomic E-state index is 0.130. The number of nitrogens with one attached hydrogen (secondary N) is 1. The number of benzene rings is 1. The number of carbonyl (C=O) groups is 3. The standard InChI is InChI=1S/C14H17N3O4/c15-14(21)10-1-3-11(4-2-10)16-12(18)8-17-6-9(7-17)5-13(19)20/h1-4,9H,5-8H2,(H2,15,21)(H,16,18)(H,19,20). The Balaban J connectivity index is 1.75. The van der Waals surface area contributed by atoms with Crippen LogP contribution in [0.4, 0.5) is 5.69 Å². The molecule has 7 heteroatoms. The average Bonchev–Trinajstić information content (AvgIpc) is 2.36. The largest absolute Gasteiger partial charge is 0.481 e. The van der Waals surface area contributed by atoms with Gasteiger partial charge in [-0.15, -0.1) is 0 Å². The Morgan fingerprint density at radius 3 is 2.38 bits per heavy atom. The number of nitrogens with zero attached hydrogens (tertiary/aromatic N) is 1. The lowest BCUT2D eigenvalue weighted by molar-refractivity contribution is -0.139. The molecule has 0 aromatic heterocycles. The minimum Gasteiger partial charge on any atom is -0.481 e. The van der Waals surface area contributed by atoms with Crippen LogP contribution in [-0.4, -0.2) is 47.4 Å². The van der Waals surface area contributed by atoms with Crippen LogP contribution in [0.2, 0.25) is 0 Å². The molecule has 1 heterocycles. The number of anilines is 1. The summed E-state index contributed by atoms with van der Waals surface area (Å²) in [6, 6.07) is 6.32. The molecule has 2 amide bonds. The smallest absolute Gasteiger partial charge is 0.303 e. The summed E-state index contributed by atoms with van der Waals surface area (Å²) in [6.07, 6.45) is 0.146. The van der Waals surface area contributed by atoms with Crippen LogP contribution in [-0.2, 0) is 9.59 Å². The molecule has 21 heavy (non-hydrogen) atoms. The first-order chi connectivity index (χ1) is 9.94. The third-order valence-corrected chi connectivity index (χ3v) is 3.32. The molecule has 4 N–H and O–H groups in total. The van der Waals surface area contributed by atoms with E-state index < -0.39 is 11.9 Å². The molecule has 0 spiro atoms. The second-order valence-electron chi connectivity index (χ2n) is 5.15. The zero-order chi connectivity index (χ0) is 15.4. The van der Waals surface area contributed by atoms with E-state index in [0.717, 1.165) is 0 Å². The van der Waals surface area contributed by atoms with Crippen LogP contribution in [0.25, 0.3) is 0 Å². The van der Waals surface area contributed by atoms with Crippen molar-refractivity contribution >= 4 is 23.5 Å². The summed E-state index contributed by atoms with van der Waals surface area (Å²) in [4.78, 5) is 35.1. The minimum atomic E-state index is -0.807. The Hall–Kier alpha value is -2.41. The van der Waals surface area contributed by atoms with Gasteiger partial charge in [-0.2, -0.15) is 0 Å². The summed E-state index contributed by atoms with van der Waals surface area (Å²) < 4.78 is 0. The van der Waals surface area contributed by atoms with E-state index in [-0.39, 0.29) is 24.8 Å². The van der Waals surface area contributed by atoms with Gasteiger partial charge in [-0.25, -0.2) is 0 Å². The van der Waals surface area contributed by atoms with Crippen LogP contribution in [0, 0.1) is 5.92 Å². The first-order valence-corrected chi connectivity index (χ1v) is 6.58. The highest BCUT2D eigenvalue weighted by Crippen LogP contribution is 2.18. The lowest BCUT2D eigenvalue weighted by Gasteiger charge is -2.37. The molecular weight excluding hydrogens is 274 g/mol. The van der Waals surface area contributed by atoms with Crippen molar-refractivity contribution < 1.29 is 19.5 Å². The first-order valence-electron chi connectivity index (χ1n) is 6.58. The molecule has 2 rings (SSSR count). The number of hydrogen-bond donors (Lipinski definition) is 3. The number of carboxylic acid groups (broad SMARTS) is 1. The second kappa shape index (κ2) is 6.36. The third-order valence-electron chi connectivity index (χ3n) is 3.32. The van der Waals surface area contributed by atoms with Crippen LogP contribution in [0.15, 0.2) is 24.3 Å². The fraction of sp³-hybridized carbons (Fsp3) is 0.357. The fourth-order valence-electron chi connectivity index (χ4n) is 2.30. The number of carbonyl (C=O) groups excluding carboxylic acids is 2. The lowest BCUT2D eigenvalue weighted by Crippen LogP contribution is -2.50. The number of likely N-dealkylation sites (tertiary alicyclic amines) is 1. The summed E-state index contributed by atoms with van der Waals surface area (Å²) in [7, 11) is 0. The second-order valence-corrected chi connectivity index (χ2v) is 5.15. The van der Waals surface area contributed by atoms with Crippen molar-refractivity contribution in [2.45, 2.75) is 6.42 Å². The molecule has 112 valence electrons. The average molecular weight is 291 g/mol. The van der Waals surface area contributed by atoms with Gasteiger partial charge < -0.3 is 16.2 Å². The van der Waals surface area contributed by atoms with Crippen molar-refractivity contribution in [1.29, 1.82) is 0 Å². The number of nitrogens with two attached hydrogens (primary N) is 1. The molecule has 0 radical (unpaired) electrons. The molecule has 0 aliphatic carbocycles. The predicted octanol–water partition coefficient (Wildman–Crippen LogP) is 0.130. The molecule has 1 fully saturated rings. The molecule has 0 atom stereocenters. The maximum absolute atomic E-state index is 11.8. The van der Waals surface area contributed by atoms with E-state index in [9.17, 15) is 14.4 Å². The molecule has 0 bridgehead atoms. The lowest BCUT2D eigenvalue weighted by atomic mass is 9.96. The Kier molecular flexibility index (Phi) is 4.54. The number of rotatable bonds is 6. The van der Waals surface area contributed by atoms with Crippen molar-refractivity contribution in [2.24, 2.45) is 11.7 Å². The number of hydrogen-bond acceptors (Lipinski definition) is 4. The first kappa shape index (κ1) is 15.0. The van der Waals surface area contributed by atoms with Crippen LogP contribution in [0.3, 0.4) is 0 Å². The summed E-state index contributed by atoms with van der Waals surface area (Å²) in [5, 5.41) is 11.4. The molecule has 1 aliphatic heterocycles. The summed E-state index contributed by atoms with van der Waals surface area (Å²) in [5.74, 6) is -1.36. The quantitative estimate of drug-likeness (QED) is 0.689. The van der Waals surface area contributed by atoms with Crippen LogP contribution in [0.5, 0.6) is 0 Å². The Morgan fingerprint density at radius 1 is 1.24 bits per heavy atom. The fourth-order valence-corrected chi connectivity index (χ4v) is 2.30. The molecule has 0 unspecified atom stereocenters. The zero-order valence-electron chi connectivity index (χ0n) is 11.4. The van der Waals surface area contributed by atoms with Gasteiger partial charge in [0.25, 0.3) is 0 Å². The van der Waals surface area contributed by atoms with Gasteiger partial charge in [0.1, 0.15) is 0 Å². The van der Waals surface area contributed by atoms with E-state index in [2.05, 4.69) is 5.32 Å². The van der Waals surface area contributed by atoms with Gasteiger partial charge in [0.05, 0.1) is 13.0 Å². The van der Waals surface area contributed by atoms with E-state index in [4.69, 9.17) is 10.8 Å². The maximum atomic E-state index is 11.8. The van der Waals surface area contributed by atoms with Gasteiger partial charge in [-0.1, -0.05) is 0 Å². The van der Waals surface area contributed by atoms with E-state index in [1.54, 1.807) is 24.3 Å². The SMILES string of the molecule is NC(=O)c1ccc(NC(=O)CN2CC(CC(=O)O)C2)cc1. The molecule has 1 aromatic carbocycles. The van der Waals surface area contributed by atoms with E-state index in [1.165, 1.54) is 0 Å². The predicted molar refractivity (Wildman–Crippen MR) is 75.8 cm³/mol. The summed E-state index contributed by atoms with van der Waals surface area (Å²) in [6.45, 7) is 1.48. The van der Waals surface area contributed by atoms with Gasteiger partial charge in [-0.05, 0) is 30.2 Å². The van der Waals surface area contributed by atoms with Crippen molar-refractivity contribution in [3.63, 3.8) is 0 Å². The van der Waals surface area contributed by atoms with Crippen LogP contribution >= 0.6 is 0 Å². The van der Waals surface area contributed by atoms with Crippen molar-refractivity contribution in [3.8, 4) is 0 Å². The van der Waals surface area contributed by atoms with Gasteiger partial charge in [0.15, 0.2) is 0 Å². The number of primary amides is 1. The highest BCUT2D eigenvalue weighted by Gasteiger charge is 2.29. The van der Waals surface area contributed by atoms with Gasteiger partial charge in [-0.3, -0.25) is 19.3 Å². The molecule has 1 aromatic rings. The Bertz CT molecular complexity index is 550. The highest BCUT2D eigenvalue weighted by molar-refractivity contribution is 5.95. The van der Waals surface area contributed by atoms with E-state index in [0.29, 0.717) is 24.3 Å². The number of aliphatic carboxylic acids is 1. The number of carboxylic acids is 1. The third kappa shape index (κ3) is 4.28. The Morgan fingerprint density at radius 2 is 1.86 bits per heavy atom. The monoisotopic (exact) mass is 291 g/mol. The summed E-state index contributed by atoms with van der Waals surface area (Å²) >= 11 is 0. The van der Waals surface area contributed by atoms with Crippen LogP contribution < -0.4 is 11.1 Å². The van der Waals surface area contributed by atoms with E-state index >= 15 is 0 Å². The normalized spacial score (nSPS) is 15.2. The number of amides is 2. The highest BCUT2D eigenvalue weighted by atomic mass is 16.4. The van der Waals surface area contributed by atoms with E-state index in [1.807, 2.05) is 4.90 Å². The topological polar surface area (TPSA) is 113 Å². The molecule has 0 saturated carbocycles. The van der Waals surface area contributed by atoms with Crippen molar-refractivity contribution in [2.75, 3.05) is 25.0 Å². The molecule has 1 saturated heterocycles. The molecular formula is C14H17N3O4. The maximum Gasteiger partial charge on any atom is 0.303 e. The molecule has 7 nitrogen and oxygen atoms in total. The van der Waals surface area contributed by atoms with Crippen LogP contribution in [0.1, 0.15) is 16.8 Å². The Labute approximate surface area is 121 Å². The summed E-state index contributed by atoms with van der Waals surface area (Å²) in [5.41, 5.74) is 6.10. The van der Waals surface area contributed by atoms with Gasteiger partial charge in [0.2, 0.25) is 11.8 Å². The molecule has 1 aliphatic rings. The van der Waals surface area contributed by atoms with Gasteiger partial charge in [0, 0.05) is 24.3 Å². The van der Waals surface area contributed by atoms with Gasteiger partial charge >= 0.3 is 5.97 Å². The zero-order valence-corrected chi connectivity index (χ0v) is 11.4. The van der Waals surface area contributed by atoms with Crippen molar-refractivity contribution in [1.82, 2.24) is 4.90 Å². The van der Waals surface area contributed by atoms with Crippen molar-refractivity contribution in [3.05, 3.63) is 29.8 Å².